The van der Waals surface area contributed by atoms with Crippen LogP contribution in [-0.2, 0) is 0 Å². The van der Waals surface area contributed by atoms with Crippen molar-refractivity contribution in [1.82, 2.24) is 10.3 Å². The van der Waals surface area contributed by atoms with Crippen molar-refractivity contribution in [1.29, 1.82) is 5.26 Å². The number of carboxylic acid groups (broad SMARTS) is 1. The van der Waals surface area contributed by atoms with Crippen molar-refractivity contribution in [3.8, 4) is 22.9 Å². The quantitative estimate of drug-likeness (QED) is 0.695. The van der Waals surface area contributed by atoms with Crippen LogP contribution in [0.5, 0.6) is 5.75 Å². The molecule has 1 aliphatic rings. The van der Waals surface area contributed by atoms with Gasteiger partial charge >= 0.3 is 6.09 Å². The van der Waals surface area contributed by atoms with E-state index in [1.54, 1.807) is 30.3 Å². The molecule has 1 aromatic heterocycles. The topological polar surface area (TPSA) is 95.2 Å². The summed E-state index contributed by atoms with van der Waals surface area (Å²) in [4.78, 5) is 15.1. The van der Waals surface area contributed by atoms with Crippen LogP contribution in [0.25, 0.3) is 11.1 Å². The van der Waals surface area contributed by atoms with Gasteiger partial charge in [0.15, 0.2) is 0 Å². The Bertz CT molecular complexity index is 941. The smallest absolute Gasteiger partial charge is 0.404 e. The number of pyridine rings is 1. The number of halogens is 1. The first-order valence-electron chi connectivity index (χ1n) is 9.43. The monoisotopic (exact) mass is 397 g/mol. The van der Waals surface area contributed by atoms with E-state index in [9.17, 15) is 14.3 Å². The fraction of sp³-hybridized carbons (Fsp3) is 0.409. The van der Waals surface area contributed by atoms with Crippen molar-refractivity contribution >= 4 is 6.09 Å². The Morgan fingerprint density at radius 2 is 2.03 bits per heavy atom. The molecule has 152 valence electrons. The molecule has 7 heteroatoms. The van der Waals surface area contributed by atoms with Crippen LogP contribution in [0.4, 0.5) is 9.18 Å². The lowest BCUT2D eigenvalue weighted by Crippen LogP contribution is -2.51. The molecule has 0 bridgehead atoms. The molecule has 1 aliphatic carbocycles. The number of ether oxygens (including phenoxy) is 1. The van der Waals surface area contributed by atoms with Gasteiger partial charge in [-0.25, -0.2) is 9.78 Å². The van der Waals surface area contributed by atoms with Gasteiger partial charge in [0.2, 0.25) is 5.95 Å². The van der Waals surface area contributed by atoms with Crippen molar-refractivity contribution in [2.45, 2.75) is 39.7 Å². The first-order valence-corrected chi connectivity index (χ1v) is 9.43. The number of rotatable bonds is 6. The zero-order valence-corrected chi connectivity index (χ0v) is 16.7. The number of nitriles is 1. The largest absolute Gasteiger partial charge is 0.491 e. The normalized spacial score (nSPS) is 15.8. The Labute approximate surface area is 169 Å². The van der Waals surface area contributed by atoms with Crippen LogP contribution in [0.15, 0.2) is 36.5 Å². The number of hydrogen-bond acceptors (Lipinski definition) is 4. The predicted octanol–water partition coefficient (Wildman–Crippen LogP) is 4.60. The maximum absolute atomic E-state index is 14.2. The molecule has 1 atom stereocenters. The molecule has 0 saturated heterocycles. The standard InChI is InChI=1S/C22H24FN3O3/c1-21(2,3)19(26-20(27)28)22(8-9-22)13-29-16-10-17(18(23)25-12-16)15-6-4-14(11-24)5-7-15/h4-7,10,12,19,26H,8-9,13H2,1-3H3,(H,27,28). The Morgan fingerprint density at radius 3 is 2.55 bits per heavy atom. The second-order valence-corrected chi connectivity index (χ2v) is 8.60. The molecular weight excluding hydrogens is 373 g/mol. The summed E-state index contributed by atoms with van der Waals surface area (Å²) in [5.74, 6) is -0.205. The zero-order chi connectivity index (χ0) is 21.2. The van der Waals surface area contributed by atoms with Gasteiger partial charge in [-0.05, 0) is 42.0 Å². The minimum absolute atomic E-state index is 0.265. The van der Waals surface area contributed by atoms with Gasteiger partial charge in [-0.3, -0.25) is 0 Å². The van der Waals surface area contributed by atoms with Crippen molar-refractivity contribution < 1.29 is 19.0 Å². The molecule has 0 spiro atoms. The molecule has 0 aliphatic heterocycles. The van der Waals surface area contributed by atoms with Crippen molar-refractivity contribution in [3.63, 3.8) is 0 Å². The minimum atomic E-state index is -1.05. The molecule has 1 aromatic carbocycles. The maximum Gasteiger partial charge on any atom is 0.404 e. The SMILES string of the molecule is CC(C)(C)C(NC(=O)O)C1(COc2cnc(F)c(-c3ccc(C#N)cc3)c2)CC1. The molecule has 1 amide bonds. The molecule has 1 fully saturated rings. The Morgan fingerprint density at radius 1 is 1.38 bits per heavy atom. The van der Waals surface area contributed by atoms with E-state index in [4.69, 9.17) is 10.00 Å². The first-order chi connectivity index (χ1) is 13.6. The summed E-state index contributed by atoms with van der Waals surface area (Å²) in [6.07, 6.45) is 1.98. The third-order valence-corrected chi connectivity index (χ3v) is 5.30. The molecule has 3 rings (SSSR count). The van der Waals surface area contributed by atoms with Gasteiger partial charge < -0.3 is 15.2 Å². The van der Waals surface area contributed by atoms with Gasteiger partial charge in [-0.2, -0.15) is 9.65 Å². The third-order valence-electron chi connectivity index (χ3n) is 5.30. The molecule has 1 heterocycles. The van der Waals surface area contributed by atoms with Crippen molar-refractivity contribution in [2.75, 3.05) is 6.61 Å². The summed E-state index contributed by atoms with van der Waals surface area (Å²) < 4.78 is 20.2. The second kappa shape index (κ2) is 7.70. The number of aromatic nitrogens is 1. The highest BCUT2D eigenvalue weighted by Crippen LogP contribution is 2.53. The van der Waals surface area contributed by atoms with E-state index in [2.05, 4.69) is 10.3 Å². The first kappa shape index (κ1) is 20.6. The molecule has 1 saturated carbocycles. The van der Waals surface area contributed by atoms with Crippen LogP contribution in [0, 0.1) is 28.1 Å². The summed E-state index contributed by atoms with van der Waals surface area (Å²) in [6, 6.07) is 9.91. The fourth-order valence-electron chi connectivity index (χ4n) is 3.75. The molecule has 1 unspecified atom stereocenters. The van der Waals surface area contributed by atoms with Crippen LogP contribution in [0.3, 0.4) is 0 Å². The summed E-state index contributed by atoms with van der Waals surface area (Å²) in [7, 11) is 0. The molecule has 2 N–H and O–H groups in total. The fourth-order valence-corrected chi connectivity index (χ4v) is 3.75. The van der Waals surface area contributed by atoms with E-state index < -0.39 is 12.0 Å². The highest BCUT2D eigenvalue weighted by Gasteiger charge is 2.54. The lowest BCUT2D eigenvalue weighted by Gasteiger charge is -2.37. The van der Waals surface area contributed by atoms with Gasteiger partial charge in [-0.15, -0.1) is 0 Å². The number of amides is 1. The molecule has 29 heavy (non-hydrogen) atoms. The predicted molar refractivity (Wildman–Crippen MR) is 106 cm³/mol. The zero-order valence-electron chi connectivity index (χ0n) is 16.7. The van der Waals surface area contributed by atoms with E-state index in [1.165, 1.54) is 6.20 Å². The number of carbonyl (C=O) groups is 1. The lowest BCUT2D eigenvalue weighted by molar-refractivity contribution is 0.110. The average Bonchev–Trinajstić information content (AvgIpc) is 3.45. The van der Waals surface area contributed by atoms with Gasteiger partial charge in [-0.1, -0.05) is 32.9 Å². The summed E-state index contributed by atoms with van der Waals surface area (Å²) >= 11 is 0. The Hall–Kier alpha value is -3.14. The number of hydrogen-bond donors (Lipinski definition) is 2. The van der Waals surface area contributed by atoms with Gasteiger partial charge in [0.1, 0.15) is 5.75 Å². The third kappa shape index (κ3) is 4.65. The lowest BCUT2D eigenvalue weighted by atomic mass is 9.77. The van der Waals surface area contributed by atoms with E-state index >= 15 is 0 Å². The summed E-state index contributed by atoms with van der Waals surface area (Å²) in [5, 5.41) is 20.8. The number of benzene rings is 1. The average molecular weight is 397 g/mol. The Balaban J connectivity index is 1.78. The van der Waals surface area contributed by atoms with Crippen molar-refractivity contribution in [2.24, 2.45) is 10.8 Å². The van der Waals surface area contributed by atoms with Gasteiger partial charge in [0.25, 0.3) is 0 Å². The van der Waals surface area contributed by atoms with Crippen LogP contribution in [0.1, 0.15) is 39.2 Å². The van der Waals surface area contributed by atoms with E-state index in [0.717, 1.165) is 12.8 Å². The minimum Gasteiger partial charge on any atom is -0.491 e. The second-order valence-electron chi connectivity index (χ2n) is 8.60. The van der Waals surface area contributed by atoms with Crippen LogP contribution < -0.4 is 10.1 Å². The van der Waals surface area contributed by atoms with Gasteiger partial charge in [0, 0.05) is 17.0 Å². The molecule has 2 aromatic rings. The van der Waals surface area contributed by atoms with Crippen LogP contribution >= 0.6 is 0 Å². The van der Waals surface area contributed by atoms with Crippen LogP contribution in [-0.4, -0.2) is 28.8 Å². The molecular formula is C22H24FN3O3. The summed E-state index contributed by atoms with van der Waals surface area (Å²) in [6.45, 7) is 6.30. The van der Waals surface area contributed by atoms with E-state index in [1.807, 2.05) is 26.8 Å². The van der Waals surface area contributed by atoms with E-state index in [0.29, 0.717) is 23.5 Å². The maximum atomic E-state index is 14.2. The highest BCUT2D eigenvalue weighted by atomic mass is 19.1. The number of nitrogens with one attached hydrogen (secondary N) is 1. The molecule has 6 nitrogen and oxygen atoms in total. The van der Waals surface area contributed by atoms with Crippen molar-refractivity contribution in [3.05, 3.63) is 48.0 Å². The number of nitrogens with zero attached hydrogens (tertiary/aromatic N) is 2. The Kier molecular flexibility index (Phi) is 5.47. The summed E-state index contributed by atoms with van der Waals surface area (Å²) in [5.41, 5.74) is 0.810. The van der Waals surface area contributed by atoms with Crippen LogP contribution in [0.2, 0.25) is 0 Å². The van der Waals surface area contributed by atoms with Gasteiger partial charge in [0.05, 0.1) is 24.4 Å². The molecule has 0 radical (unpaired) electrons. The van der Waals surface area contributed by atoms with E-state index in [-0.39, 0.29) is 22.4 Å². The highest BCUT2D eigenvalue weighted by molar-refractivity contribution is 5.66.